The number of nitrogens with zero attached hydrogens (tertiary/aromatic N) is 2. The van der Waals surface area contributed by atoms with Gasteiger partial charge in [-0.25, -0.2) is 9.59 Å². The Labute approximate surface area is 150 Å². The topological polar surface area (TPSA) is 53.2 Å². The third-order valence-corrected chi connectivity index (χ3v) is 5.31. The lowest BCUT2D eigenvalue weighted by atomic mass is 9.89. The fourth-order valence-electron chi connectivity index (χ4n) is 3.42. The standard InChI is InChI=1S/C17H20Cl2N2O3/c1-2-24-17(23)21-15-9-13(19)12(18)8-14(15)20(16(21)22)10-11-6-4-3-5-7-11/h8-9,11H,2-7,10H2,1H3. The highest BCUT2D eigenvalue weighted by Gasteiger charge is 2.23. The van der Waals surface area contributed by atoms with Crippen molar-refractivity contribution in [3.05, 3.63) is 32.7 Å². The van der Waals surface area contributed by atoms with E-state index in [9.17, 15) is 9.59 Å². The highest BCUT2D eigenvalue weighted by molar-refractivity contribution is 6.42. The molecule has 0 unspecified atom stereocenters. The van der Waals surface area contributed by atoms with Crippen molar-refractivity contribution in [1.29, 1.82) is 0 Å². The molecule has 0 radical (unpaired) electrons. The molecule has 1 aliphatic rings. The Morgan fingerprint density at radius 3 is 2.42 bits per heavy atom. The number of ether oxygens (including phenoxy) is 1. The molecule has 1 saturated carbocycles. The van der Waals surface area contributed by atoms with E-state index in [1.165, 1.54) is 19.3 Å². The van der Waals surface area contributed by atoms with Crippen LogP contribution in [-0.4, -0.2) is 21.8 Å². The summed E-state index contributed by atoms with van der Waals surface area (Å²) in [4.78, 5) is 25.1. The molecular weight excluding hydrogens is 351 g/mol. The average Bonchev–Trinajstić information content (AvgIpc) is 2.81. The molecule has 0 spiro atoms. The average molecular weight is 371 g/mol. The minimum Gasteiger partial charge on any atom is -0.449 e. The number of halogens is 2. The van der Waals surface area contributed by atoms with Gasteiger partial charge >= 0.3 is 11.8 Å². The molecule has 1 heterocycles. The quantitative estimate of drug-likeness (QED) is 0.786. The number of benzene rings is 1. The van der Waals surface area contributed by atoms with Crippen molar-refractivity contribution in [3.63, 3.8) is 0 Å². The number of carbonyl (C=O) groups is 1. The van der Waals surface area contributed by atoms with Crippen LogP contribution in [0, 0.1) is 5.92 Å². The lowest BCUT2D eigenvalue weighted by molar-refractivity contribution is 0.153. The Kier molecular flexibility index (Phi) is 5.21. The predicted molar refractivity (Wildman–Crippen MR) is 95.2 cm³/mol. The largest absolute Gasteiger partial charge is 0.449 e. The second-order valence-electron chi connectivity index (χ2n) is 6.19. The van der Waals surface area contributed by atoms with Crippen LogP contribution in [0.5, 0.6) is 0 Å². The summed E-state index contributed by atoms with van der Waals surface area (Å²) in [6, 6.07) is 3.20. The van der Waals surface area contributed by atoms with Crippen LogP contribution in [-0.2, 0) is 11.3 Å². The van der Waals surface area contributed by atoms with E-state index in [4.69, 9.17) is 27.9 Å². The molecule has 7 heteroatoms. The maximum absolute atomic E-state index is 12.8. The van der Waals surface area contributed by atoms with Gasteiger partial charge in [-0.2, -0.15) is 4.57 Å². The van der Waals surface area contributed by atoms with Gasteiger partial charge in [0.15, 0.2) is 0 Å². The molecule has 0 amide bonds. The molecule has 3 rings (SSSR count). The molecule has 0 N–H and O–H groups in total. The highest BCUT2D eigenvalue weighted by Crippen LogP contribution is 2.30. The molecule has 0 bridgehead atoms. The highest BCUT2D eigenvalue weighted by atomic mass is 35.5. The van der Waals surface area contributed by atoms with Gasteiger partial charge in [-0.3, -0.25) is 4.57 Å². The summed E-state index contributed by atoms with van der Waals surface area (Å²) in [6.07, 6.45) is 5.12. The first-order chi connectivity index (χ1) is 11.5. The molecule has 1 aromatic carbocycles. The molecule has 24 heavy (non-hydrogen) atoms. The summed E-state index contributed by atoms with van der Waals surface area (Å²) in [5.41, 5.74) is 0.657. The van der Waals surface area contributed by atoms with E-state index in [1.54, 1.807) is 23.6 Å². The number of carbonyl (C=O) groups excluding carboxylic acids is 1. The summed E-state index contributed by atoms with van der Waals surface area (Å²) in [5, 5.41) is 0.666. The fourth-order valence-corrected chi connectivity index (χ4v) is 3.73. The smallest absolute Gasteiger partial charge is 0.422 e. The van der Waals surface area contributed by atoms with Crippen LogP contribution in [0.1, 0.15) is 39.0 Å². The molecular formula is C17H20Cl2N2O3. The van der Waals surface area contributed by atoms with Gasteiger partial charge in [-0.1, -0.05) is 42.5 Å². The molecule has 1 aliphatic carbocycles. The maximum atomic E-state index is 12.8. The van der Waals surface area contributed by atoms with Crippen molar-refractivity contribution >= 4 is 40.3 Å². The Morgan fingerprint density at radius 2 is 1.79 bits per heavy atom. The number of aromatic nitrogens is 2. The molecule has 1 aromatic heterocycles. The number of hydrogen-bond acceptors (Lipinski definition) is 3. The molecule has 0 atom stereocenters. The molecule has 5 nitrogen and oxygen atoms in total. The summed E-state index contributed by atoms with van der Waals surface area (Å²) in [5.74, 6) is 0.437. The second kappa shape index (κ2) is 7.19. The monoisotopic (exact) mass is 370 g/mol. The first-order valence-electron chi connectivity index (χ1n) is 8.30. The van der Waals surface area contributed by atoms with Gasteiger partial charge in [0.2, 0.25) is 0 Å². The number of imidazole rings is 1. The van der Waals surface area contributed by atoms with Gasteiger partial charge in [0.1, 0.15) is 0 Å². The normalized spacial score (nSPS) is 15.8. The van der Waals surface area contributed by atoms with Gasteiger partial charge in [-0.05, 0) is 37.8 Å². The zero-order valence-corrected chi connectivity index (χ0v) is 15.1. The molecule has 2 aromatic rings. The molecule has 0 saturated heterocycles. The Morgan fingerprint density at radius 1 is 1.17 bits per heavy atom. The molecule has 0 aliphatic heterocycles. The van der Waals surface area contributed by atoms with Crippen LogP contribution in [0.2, 0.25) is 10.0 Å². The Hall–Kier alpha value is -1.46. The lowest BCUT2D eigenvalue weighted by Crippen LogP contribution is -2.31. The van der Waals surface area contributed by atoms with E-state index in [2.05, 4.69) is 0 Å². The third kappa shape index (κ3) is 3.20. The van der Waals surface area contributed by atoms with Crippen LogP contribution in [0.3, 0.4) is 0 Å². The number of hydrogen-bond donors (Lipinski definition) is 0. The van der Waals surface area contributed by atoms with E-state index in [0.717, 1.165) is 17.4 Å². The third-order valence-electron chi connectivity index (χ3n) is 4.59. The predicted octanol–water partition coefficient (Wildman–Crippen LogP) is 4.69. The summed E-state index contributed by atoms with van der Waals surface area (Å²) >= 11 is 12.2. The van der Waals surface area contributed by atoms with Crippen LogP contribution in [0.25, 0.3) is 11.0 Å². The van der Waals surface area contributed by atoms with Gasteiger partial charge in [0, 0.05) is 6.54 Å². The minimum atomic E-state index is -0.687. The van der Waals surface area contributed by atoms with Crippen molar-refractivity contribution < 1.29 is 9.53 Å². The Bertz CT molecular complexity index is 819. The van der Waals surface area contributed by atoms with Gasteiger partial charge in [0.25, 0.3) is 0 Å². The van der Waals surface area contributed by atoms with Crippen LogP contribution in [0.15, 0.2) is 16.9 Å². The fraction of sp³-hybridized carbons (Fsp3) is 0.529. The summed E-state index contributed by atoms with van der Waals surface area (Å²) in [7, 11) is 0. The number of fused-ring (bicyclic) bond motifs is 1. The maximum Gasteiger partial charge on any atom is 0.422 e. The second-order valence-corrected chi connectivity index (χ2v) is 7.00. The van der Waals surface area contributed by atoms with Crippen molar-refractivity contribution in [2.75, 3.05) is 6.61 Å². The first kappa shape index (κ1) is 17.4. The molecule has 1 fully saturated rings. The van der Waals surface area contributed by atoms with E-state index in [1.807, 2.05) is 0 Å². The Balaban J connectivity index is 2.13. The van der Waals surface area contributed by atoms with Gasteiger partial charge in [-0.15, -0.1) is 0 Å². The van der Waals surface area contributed by atoms with Crippen LogP contribution in [0.4, 0.5) is 4.79 Å². The minimum absolute atomic E-state index is 0.196. The van der Waals surface area contributed by atoms with Crippen LogP contribution >= 0.6 is 23.2 Å². The van der Waals surface area contributed by atoms with E-state index in [0.29, 0.717) is 33.5 Å². The van der Waals surface area contributed by atoms with Gasteiger partial charge in [0.05, 0.1) is 27.7 Å². The summed E-state index contributed by atoms with van der Waals surface area (Å²) < 4.78 is 7.70. The van der Waals surface area contributed by atoms with Crippen molar-refractivity contribution in [3.8, 4) is 0 Å². The van der Waals surface area contributed by atoms with Gasteiger partial charge < -0.3 is 4.74 Å². The SMILES string of the molecule is CCOC(=O)n1c(=O)n(CC2CCCCC2)c2cc(Cl)c(Cl)cc21. The van der Waals surface area contributed by atoms with Crippen molar-refractivity contribution in [2.24, 2.45) is 5.92 Å². The van der Waals surface area contributed by atoms with Crippen molar-refractivity contribution in [2.45, 2.75) is 45.6 Å². The van der Waals surface area contributed by atoms with Crippen molar-refractivity contribution in [1.82, 2.24) is 9.13 Å². The van der Waals surface area contributed by atoms with Crippen LogP contribution < -0.4 is 5.69 Å². The first-order valence-corrected chi connectivity index (χ1v) is 9.06. The summed E-state index contributed by atoms with van der Waals surface area (Å²) in [6.45, 7) is 2.48. The zero-order chi connectivity index (χ0) is 17.3. The van der Waals surface area contributed by atoms with E-state index < -0.39 is 11.8 Å². The molecule has 130 valence electrons. The van der Waals surface area contributed by atoms with E-state index in [-0.39, 0.29) is 6.61 Å². The zero-order valence-electron chi connectivity index (χ0n) is 13.6. The number of rotatable bonds is 3. The van der Waals surface area contributed by atoms with E-state index >= 15 is 0 Å². The lowest BCUT2D eigenvalue weighted by Gasteiger charge is -2.21.